The van der Waals surface area contributed by atoms with Crippen LogP contribution in [0.5, 0.6) is 0 Å². The maximum absolute atomic E-state index is 13.4. The first-order chi connectivity index (χ1) is 15.3. The Morgan fingerprint density at radius 3 is 2.56 bits per heavy atom. The number of rotatable bonds is 5. The number of aliphatic imine (C=N–C) groups is 1. The fourth-order valence-corrected chi connectivity index (χ4v) is 5.27. The Morgan fingerprint density at radius 1 is 1.19 bits per heavy atom. The van der Waals surface area contributed by atoms with Gasteiger partial charge in [0, 0.05) is 37.9 Å². The Balaban J connectivity index is 1.53. The summed E-state index contributed by atoms with van der Waals surface area (Å²) >= 11 is 5.92. The highest BCUT2D eigenvalue weighted by molar-refractivity contribution is 7.90. The number of pyridine rings is 1. The van der Waals surface area contributed by atoms with Gasteiger partial charge in [0.1, 0.15) is 17.7 Å². The quantitative estimate of drug-likeness (QED) is 0.717. The van der Waals surface area contributed by atoms with Crippen LogP contribution in [0, 0.1) is 5.92 Å². The van der Waals surface area contributed by atoms with Crippen LogP contribution in [-0.2, 0) is 14.8 Å². The van der Waals surface area contributed by atoms with Gasteiger partial charge in [0.2, 0.25) is 5.91 Å². The zero-order valence-electron chi connectivity index (χ0n) is 18.0. The number of carbonyl (C=O) groups is 1. The minimum Gasteiger partial charge on any atom is -0.353 e. The number of fused-ring (bicyclic) bond motifs is 1. The summed E-state index contributed by atoms with van der Waals surface area (Å²) in [4.78, 5) is 26.6. The number of nitrogens with zero attached hydrogens (tertiary/aromatic N) is 4. The van der Waals surface area contributed by atoms with Crippen molar-refractivity contribution in [3.8, 4) is 0 Å². The molecule has 1 aromatic heterocycles. The maximum Gasteiger partial charge on any atom is 0.263 e. The van der Waals surface area contributed by atoms with Crippen molar-refractivity contribution in [2.45, 2.75) is 31.2 Å². The lowest BCUT2D eigenvalue weighted by molar-refractivity contribution is -0.133. The lowest BCUT2D eigenvalue weighted by Gasteiger charge is -2.37. The number of aromatic nitrogens is 1. The molecule has 1 aromatic carbocycles. The molecule has 0 spiro atoms. The molecule has 1 N–H and O–H groups in total. The van der Waals surface area contributed by atoms with Crippen LogP contribution in [0.1, 0.15) is 25.8 Å². The molecular formula is C22H26ClN5O3S. The Bertz CT molecular complexity index is 1130. The zero-order chi connectivity index (χ0) is 22.9. The van der Waals surface area contributed by atoms with E-state index in [2.05, 4.69) is 19.6 Å². The van der Waals surface area contributed by atoms with Gasteiger partial charge in [-0.1, -0.05) is 44.0 Å². The largest absolute Gasteiger partial charge is 0.353 e. The summed E-state index contributed by atoms with van der Waals surface area (Å²) in [5.74, 6) is 0.947. The van der Waals surface area contributed by atoms with E-state index in [1.807, 2.05) is 24.8 Å². The third-order valence-electron chi connectivity index (χ3n) is 5.99. The number of amidine groups is 1. The second-order valence-corrected chi connectivity index (χ2v) is 10.1. The molecule has 0 bridgehead atoms. The van der Waals surface area contributed by atoms with Crippen LogP contribution in [0.2, 0.25) is 5.02 Å². The molecule has 8 nitrogen and oxygen atoms in total. The second-order valence-electron chi connectivity index (χ2n) is 8.06. The molecule has 2 aliphatic rings. The monoisotopic (exact) mass is 475 g/mol. The van der Waals surface area contributed by atoms with Gasteiger partial charge in [0.05, 0.1) is 9.92 Å². The molecule has 4 rings (SSSR count). The molecule has 2 aliphatic heterocycles. The van der Waals surface area contributed by atoms with Crippen molar-refractivity contribution in [2.75, 3.05) is 31.1 Å². The van der Waals surface area contributed by atoms with E-state index < -0.39 is 16.1 Å². The van der Waals surface area contributed by atoms with Gasteiger partial charge in [-0.3, -0.25) is 14.5 Å². The Hall–Kier alpha value is -2.65. The Kier molecular flexibility index (Phi) is 6.39. The average molecular weight is 476 g/mol. The molecule has 2 atom stereocenters. The molecule has 32 heavy (non-hydrogen) atoms. The SMILES string of the molecule is CC[C@H](C)[C@H](N=C1NS(=O)(=O)c2ccccc21)C(=O)N1CCN(c2ccc(Cl)cn2)CC1. The molecule has 170 valence electrons. The lowest BCUT2D eigenvalue weighted by atomic mass is 9.97. The number of anilines is 1. The van der Waals surface area contributed by atoms with Crippen molar-refractivity contribution in [2.24, 2.45) is 10.9 Å². The number of benzene rings is 1. The van der Waals surface area contributed by atoms with E-state index in [-0.39, 0.29) is 22.6 Å². The minimum absolute atomic E-state index is 0.0387. The lowest BCUT2D eigenvalue weighted by Crippen LogP contribution is -2.52. The molecule has 10 heteroatoms. The molecule has 2 aromatic rings. The smallest absolute Gasteiger partial charge is 0.263 e. The minimum atomic E-state index is -3.65. The predicted molar refractivity (Wildman–Crippen MR) is 125 cm³/mol. The molecule has 1 saturated heterocycles. The van der Waals surface area contributed by atoms with E-state index in [0.29, 0.717) is 36.8 Å². The number of nitrogens with one attached hydrogen (secondary N) is 1. The number of sulfonamides is 1. The maximum atomic E-state index is 13.4. The molecule has 3 heterocycles. The highest BCUT2D eigenvalue weighted by Crippen LogP contribution is 2.25. The van der Waals surface area contributed by atoms with Crippen LogP contribution >= 0.6 is 11.6 Å². The number of carbonyl (C=O) groups excluding carboxylic acids is 1. The van der Waals surface area contributed by atoms with E-state index in [0.717, 1.165) is 12.2 Å². The summed E-state index contributed by atoms with van der Waals surface area (Å²) in [5.41, 5.74) is 0.507. The second kappa shape index (κ2) is 9.07. The van der Waals surface area contributed by atoms with Gasteiger partial charge >= 0.3 is 0 Å². The summed E-state index contributed by atoms with van der Waals surface area (Å²) in [6, 6.07) is 9.71. The van der Waals surface area contributed by atoms with Crippen LogP contribution in [0.25, 0.3) is 0 Å². The van der Waals surface area contributed by atoms with Gasteiger partial charge in [-0.25, -0.2) is 13.4 Å². The summed E-state index contributed by atoms with van der Waals surface area (Å²) < 4.78 is 27.4. The standard InChI is InChI=1S/C22H26ClN5O3S/c1-3-15(2)20(25-21-17-6-4-5-7-18(17)32(30,31)26-21)22(29)28-12-10-27(11-13-28)19-9-8-16(23)14-24-19/h4-9,14-15,20H,3,10-13H2,1-2H3,(H,25,26)/t15-,20-/m0/s1. The van der Waals surface area contributed by atoms with E-state index in [4.69, 9.17) is 11.6 Å². The third-order valence-corrected chi connectivity index (χ3v) is 7.61. The summed E-state index contributed by atoms with van der Waals surface area (Å²) in [7, 11) is -3.65. The van der Waals surface area contributed by atoms with Crippen molar-refractivity contribution in [3.05, 3.63) is 53.2 Å². The summed E-state index contributed by atoms with van der Waals surface area (Å²) in [5, 5.41) is 0.585. The van der Waals surface area contributed by atoms with Crippen molar-refractivity contribution in [1.82, 2.24) is 14.6 Å². The average Bonchev–Trinajstić information content (AvgIpc) is 3.07. The van der Waals surface area contributed by atoms with Crippen LogP contribution < -0.4 is 9.62 Å². The zero-order valence-corrected chi connectivity index (χ0v) is 19.6. The molecule has 1 fully saturated rings. The van der Waals surface area contributed by atoms with Gasteiger partial charge in [-0.2, -0.15) is 0 Å². The Labute approximate surface area is 193 Å². The fourth-order valence-electron chi connectivity index (χ4n) is 3.92. The summed E-state index contributed by atoms with van der Waals surface area (Å²) in [6.45, 7) is 6.36. The molecule has 0 radical (unpaired) electrons. The van der Waals surface area contributed by atoms with Crippen molar-refractivity contribution in [3.63, 3.8) is 0 Å². The molecular weight excluding hydrogens is 450 g/mol. The number of halogens is 1. The molecule has 0 unspecified atom stereocenters. The van der Waals surface area contributed by atoms with Gasteiger partial charge < -0.3 is 9.80 Å². The van der Waals surface area contributed by atoms with Crippen LogP contribution in [0.4, 0.5) is 5.82 Å². The van der Waals surface area contributed by atoms with E-state index in [1.165, 1.54) is 0 Å². The van der Waals surface area contributed by atoms with E-state index in [1.54, 1.807) is 36.5 Å². The van der Waals surface area contributed by atoms with Crippen molar-refractivity contribution in [1.29, 1.82) is 0 Å². The van der Waals surface area contributed by atoms with E-state index in [9.17, 15) is 13.2 Å². The molecule has 0 aliphatic carbocycles. The first-order valence-corrected chi connectivity index (χ1v) is 12.5. The third kappa shape index (κ3) is 4.45. The van der Waals surface area contributed by atoms with Gasteiger partial charge in [-0.05, 0) is 30.2 Å². The topological polar surface area (TPSA) is 95.0 Å². The first-order valence-electron chi connectivity index (χ1n) is 10.7. The molecule has 0 saturated carbocycles. The normalized spacial score (nSPS) is 20.5. The van der Waals surface area contributed by atoms with E-state index >= 15 is 0 Å². The van der Waals surface area contributed by atoms with Gasteiger partial charge in [0.15, 0.2) is 0 Å². The highest BCUT2D eigenvalue weighted by atomic mass is 35.5. The number of hydrogen-bond acceptors (Lipinski definition) is 6. The van der Waals surface area contributed by atoms with Crippen LogP contribution in [-0.4, -0.2) is 62.3 Å². The predicted octanol–water partition coefficient (Wildman–Crippen LogP) is 2.54. The molecule has 1 amide bonds. The van der Waals surface area contributed by atoms with Crippen molar-refractivity contribution >= 4 is 39.2 Å². The number of piperazine rings is 1. The van der Waals surface area contributed by atoms with Gasteiger partial charge in [0.25, 0.3) is 10.0 Å². The number of amides is 1. The van der Waals surface area contributed by atoms with Crippen molar-refractivity contribution < 1.29 is 13.2 Å². The fraction of sp³-hybridized carbons (Fsp3) is 0.409. The Morgan fingerprint density at radius 2 is 1.91 bits per heavy atom. The summed E-state index contributed by atoms with van der Waals surface area (Å²) in [6.07, 6.45) is 2.36. The van der Waals surface area contributed by atoms with Gasteiger partial charge in [-0.15, -0.1) is 0 Å². The number of hydrogen-bond donors (Lipinski definition) is 1. The van der Waals surface area contributed by atoms with Crippen LogP contribution in [0.3, 0.4) is 0 Å². The van der Waals surface area contributed by atoms with Crippen LogP contribution in [0.15, 0.2) is 52.5 Å². The first kappa shape index (κ1) is 22.5. The highest BCUT2D eigenvalue weighted by Gasteiger charge is 2.35.